The van der Waals surface area contributed by atoms with Gasteiger partial charge in [-0.05, 0) is 0 Å². The molecule has 0 bridgehead atoms. The van der Waals surface area contributed by atoms with E-state index in [1.165, 1.54) is 5.94 Å². The summed E-state index contributed by atoms with van der Waals surface area (Å²) < 4.78 is 0. The molecule has 0 fully saturated rings. The second-order valence-electron chi connectivity index (χ2n) is 2.29. The fourth-order valence-corrected chi connectivity index (χ4v) is 0.781. The number of hydrogen-bond acceptors (Lipinski definition) is 3. The van der Waals surface area contributed by atoms with Crippen LogP contribution in [-0.4, -0.2) is 34.1 Å². The molecule has 2 N–H and O–H groups in total. The molecule has 0 aliphatic heterocycles. The molecule has 0 saturated heterocycles. The van der Waals surface area contributed by atoms with Gasteiger partial charge in [-0.1, -0.05) is 0 Å². The smallest absolute Gasteiger partial charge is 0.308 e. The van der Waals surface area contributed by atoms with Gasteiger partial charge < -0.3 is 10.2 Å². The van der Waals surface area contributed by atoms with Gasteiger partial charge in [-0.2, -0.15) is 0 Å². The topological polar surface area (TPSA) is 74.6 Å². The third kappa shape index (κ3) is 4.91. The Labute approximate surface area is 74.5 Å². The van der Waals surface area contributed by atoms with Crippen LogP contribution in [-0.2, 0) is 9.59 Å². The molecule has 0 aromatic heterocycles. The highest BCUT2D eigenvalue weighted by Gasteiger charge is 2.10. The van der Waals surface area contributed by atoms with Gasteiger partial charge in [0.05, 0.1) is 12.5 Å². The lowest BCUT2D eigenvalue weighted by Crippen LogP contribution is -2.11. The van der Waals surface area contributed by atoms with Crippen molar-refractivity contribution < 1.29 is 19.8 Å². The number of carbonyl (C=O) groups is 1. The first-order chi connectivity index (χ1) is 5.60. The third-order valence-corrected chi connectivity index (χ3v) is 1.53. The van der Waals surface area contributed by atoms with Crippen molar-refractivity contribution in [1.29, 1.82) is 0 Å². The van der Waals surface area contributed by atoms with Crippen molar-refractivity contribution in [3.8, 4) is 0 Å². The fourth-order valence-electron chi connectivity index (χ4n) is 0.671. The SMILES string of the molecule is O=C=C(CC(=O)O)CC(O)CCl. The van der Waals surface area contributed by atoms with Crippen LogP contribution in [0.15, 0.2) is 5.57 Å². The zero-order valence-corrected chi connectivity index (χ0v) is 7.04. The van der Waals surface area contributed by atoms with Gasteiger partial charge in [0, 0.05) is 17.9 Å². The van der Waals surface area contributed by atoms with Gasteiger partial charge in [0.25, 0.3) is 0 Å². The van der Waals surface area contributed by atoms with Gasteiger partial charge in [-0.25, -0.2) is 4.79 Å². The van der Waals surface area contributed by atoms with Gasteiger partial charge >= 0.3 is 5.97 Å². The molecule has 4 nitrogen and oxygen atoms in total. The number of aliphatic hydroxyl groups excluding tert-OH is 1. The second kappa shape index (κ2) is 5.77. The summed E-state index contributed by atoms with van der Waals surface area (Å²) in [6.45, 7) is 0. The first kappa shape index (κ1) is 11.2. The molecule has 0 amide bonds. The molecule has 0 heterocycles. The van der Waals surface area contributed by atoms with Crippen LogP contribution in [0.1, 0.15) is 12.8 Å². The molecule has 0 aromatic carbocycles. The van der Waals surface area contributed by atoms with Crippen molar-refractivity contribution in [2.24, 2.45) is 0 Å². The molecule has 1 atom stereocenters. The largest absolute Gasteiger partial charge is 0.481 e. The number of hydrogen-bond donors (Lipinski definition) is 2. The van der Waals surface area contributed by atoms with E-state index in [-0.39, 0.29) is 17.9 Å². The Bertz CT molecular complexity index is 207. The van der Waals surface area contributed by atoms with Crippen LogP contribution in [0.3, 0.4) is 0 Å². The standard InChI is InChI=1S/C7H9ClO4/c8-3-6(10)1-5(4-9)2-7(11)12/h6,10H,1-3H2,(H,11,12). The van der Waals surface area contributed by atoms with Gasteiger partial charge in [0.15, 0.2) is 0 Å². The summed E-state index contributed by atoms with van der Waals surface area (Å²) in [5.41, 5.74) is 0.0238. The van der Waals surface area contributed by atoms with E-state index in [9.17, 15) is 9.59 Å². The lowest BCUT2D eigenvalue weighted by atomic mass is 10.1. The highest BCUT2D eigenvalue weighted by molar-refractivity contribution is 6.18. The average Bonchev–Trinajstić information content (AvgIpc) is 2.02. The first-order valence-corrected chi connectivity index (χ1v) is 3.82. The zero-order valence-electron chi connectivity index (χ0n) is 6.29. The predicted molar refractivity (Wildman–Crippen MR) is 42.8 cm³/mol. The summed E-state index contributed by atoms with van der Waals surface area (Å²) in [6, 6.07) is 0. The minimum Gasteiger partial charge on any atom is -0.481 e. The number of rotatable bonds is 5. The lowest BCUT2D eigenvalue weighted by molar-refractivity contribution is -0.136. The van der Waals surface area contributed by atoms with Crippen molar-refractivity contribution in [3.63, 3.8) is 0 Å². The summed E-state index contributed by atoms with van der Waals surface area (Å²) in [4.78, 5) is 20.2. The molecule has 0 aromatic rings. The fraction of sp³-hybridized carbons (Fsp3) is 0.571. The maximum atomic E-state index is 10.1. The van der Waals surface area contributed by atoms with Gasteiger partial charge in [-0.15, -0.1) is 11.6 Å². The Kier molecular flexibility index (Phi) is 5.37. The summed E-state index contributed by atoms with van der Waals surface area (Å²) in [7, 11) is 0. The predicted octanol–water partition coefficient (Wildman–Crippen LogP) is 0.209. The highest BCUT2D eigenvalue weighted by atomic mass is 35.5. The van der Waals surface area contributed by atoms with Crippen LogP contribution in [0, 0.1) is 0 Å². The molecular formula is C7H9ClO4. The van der Waals surface area contributed by atoms with Crippen molar-refractivity contribution in [2.45, 2.75) is 18.9 Å². The first-order valence-electron chi connectivity index (χ1n) is 3.28. The van der Waals surface area contributed by atoms with E-state index in [0.717, 1.165) is 0 Å². The Morgan fingerprint density at radius 2 is 2.17 bits per heavy atom. The van der Waals surface area contributed by atoms with Crippen molar-refractivity contribution in [2.75, 3.05) is 5.88 Å². The highest BCUT2D eigenvalue weighted by Crippen LogP contribution is 2.07. The maximum Gasteiger partial charge on any atom is 0.308 e. The van der Waals surface area contributed by atoms with E-state index in [1.807, 2.05) is 0 Å². The minimum atomic E-state index is -1.12. The lowest BCUT2D eigenvalue weighted by Gasteiger charge is -2.04. The Morgan fingerprint density at radius 3 is 2.50 bits per heavy atom. The molecule has 5 heteroatoms. The molecule has 0 saturated carbocycles. The Hall–Kier alpha value is -0.830. The van der Waals surface area contributed by atoms with E-state index in [4.69, 9.17) is 21.8 Å². The molecular weight excluding hydrogens is 184 g/mol. The van der Waals surface area contributed by atoms with Gasteiger partial charge in [0.1, 0.15) is 5.94 Å². The number of aliphatic hydroxyl groups is 1. The van der Waals surface area contributed by atoms with Gasteiger partial charge in [0.2, 0.25) is 0 Å². The number of carboxylic acid groups (broad SMARTS) is 1. The molecule has 0 spiro atoms. The van der Waals surface area contributed by atoms with Crippen molar-refractivity contribution in [3.05, 3.63) is 5.57 Å². The van der Waals surface area contributed by atoms with E-state index >= 15 is 0 Å². The molecule has 68 valence electrons. The van der Waals surface area contributed by atoms with Crippen molar-refractivity contribution >= 4 is 23.5 Å². The van der Waals surface area contributed by atoms with E-state index in [1.54, 1.807) is 0 Å². The summed E-state index contributed by atoms with van der Waals surface area (Å²) in [6.07, 6.45) is -1.29. The maximum absolute atomic E-state index is 10.1. The zero-order chi connectivity index (χ0) is 9.56. The third-order valence-electron chi connectivity index (χ3n) is 1.17. The van der Waals surface area contributed by atoms with Crippen LogP contribution < -0.4 is 0 Å². The minimum absolute atomic E-state index is 0.0230. The quantitative estimate of drug-likeness (QED) is 0.482. The number of halogens is 1. The molecule has 1 unspecified atom stereocenters. The summed E-state index contributed by atoms with van der Waals surface area (Å²) in [5, 5.41) is 17.2. The van der Waals surface area contributed by atoms with Crippen molar-refractivity contribution in [1.82, 2.24) is 0 Å². The van der Waals surface area contributed by atoms with Crippen LogP contribution in [0.2, 0.25) is 0 Å². The van der Waals surface area contributed by atoms with Gasteiger partial charge in [-0.3, -0.25) is 4.79 Å². The molecule has 0 radical (unpaired) electrons. The van der Waals surface area contributed by atoms with E-state index in [0.29, 0.717) is 0 Å². The average molecular weight is 193 g/mol. The summed E-state index contributed by atoms with van der Waals surface area (Å²) in [5.74, 6) is 0.327. The molecule has 0 aliphatic carbocycles. The van der Waals surface area contributed by atoms with Crippen LogP contribution in [0.5, 0.6) is 0 Å². The molecule has 0 aliphatic rings. The molecule has 0 rings (SSSR count). The Morgan fingerprint density at radius 1 is 1.58 bits per heavy atom. The van der Waals surface area contributed by atoms with Crippen LogP contribution in [0.25, 0.3) is 0 Å². The number of carbonyl (C=O) groups excluding carboxylic acids is 1. The normalized spacial score (nSPS) is 11.8. The van der Waals surface area contributed by atoms with Crippen LogP contribution in [0.4, 0.5) is 0 Å². The van der Waals surface area contributed by atoms with E-state index in [2.05, 4.69) is 0 Å². The molecule has 12 heavy (non-hydrogen) atoms. The second-order valence-corrected chi connectivity index (χ2v) is 2.60. The number of alkyl halides is 1. The van der Waals surface area contributed by atoms with E-state index < -0.39 is 18.5 Å². The number of carboxylic acids is 1. The monoisotopic (exact) mass is 192 g/mol. The van der Waals surface area contributed by atoms with Crippen LogP contribution >= 0.6 is 11.6 Å². The number of aliphatic carboxylic acids is 1. The summed E-state index contributed by atoms with van der Waals surface area (Å²) >= 11 is 5.25. The Balaban J connectivity index is 4.02.